The van der Waals surface area contributed by atoms with Crippen molar-refractivity contribution in [1.82, 2.24) is 20.2 Å². The summed E-state index contributed by atoms with van der Waals surface area (Å²) in [5, 5.41) is 19.4. The highest BCUT2D eigenvalue weighted by Gasteiger charge is 2.54. The first kappa shape index (κ1) is 25.8. The minimum Gasteiger partial charge on any atom is -0.477 e. The van der Waals surface area contributed by atoms with Crippen molar-refractivity contribution in [2.24, 2.45) is 21.7 Å². The summed E-state index contributed by atoms with van der Waals surface area (Å²) in [5.74, 6) is 4.35. The summed E-state index contributed by atoms with van der Waals surface area (Å²) in [7, 11) is 0. The fraction of sp³-hybridized carbons (Fsp3) is 0.368. The molecule has 0 aliphatic carbocycles. The van der Waals surface area contributed by atoms with E-state index in [0.717, 1.165) is 11.3 Å². The van der Waals surface area contributed by atoms with E-state index in [0.29, 0.717) is 28.9 Å². The number of carbonyl (C=O) groups is 3. The van der Waals surface area contributed by atoms with Crippen molar-refractivity contribution in [3.05, 3.63) is 34.2 Å². The van der Waals surface area contributed by atoms with E-state index >= 15 is 0 Å². The van der Waals surface area contributed by atoms with Crippen molar-refractivity contribution >= 4 is 68.7 Å². The van der Waals surface area contributed by atoms with Gasteiger partial charge in [-0.15, -0.1) is 23.1 Å². The Morgan fingerprint density at radius 1 is 1.42 bits per heavy atom. The monoisotopic (exact) mass is 553 g/mol. The molecule has 0 radical (unpaired) electrons. The maximum atomic E-state index is 13.0. The van der Waals surface area contributed by atoms with Gasteiger partial charge >= 0.3 is 5.97 Å². The molecule has 36 heavy (non-hydrogen) atoms. The van der Waals surface area contributed by atoms with Gasteiger partial charge in [0.05, 0.1) is 6.54 Å². The third kappa shape index (κ3) is 5.13. The molecule has 0 aromatic carbocycles. The minimum atomic E-state index is -1.24. The molecule has 1 unspecified atom stereocenters. The molecule has 1 saturated heterocycles. The minimum absolute atomic E-state index is 0.110. The highest BCUT2D eigenvalue weighted by atomic mass is 32.2. The van der Waals surface area contributed by atoms with E-state index in [-0.39, 0.29) is 34.6 Å². The summed E-state index contributed by atoms with van der Waals surface area (Å²) in [4.78, 5) is 52.5. The second-order valence-electron chi connectivity index (χ2n) is 7.51. The number of nitrogens with zero attached hydrogens (tertiary/aromatic N) is 5. The third-order valence-electron chi connectivity index (χ3n) is 5.14. The number of oxime groups is 1. The predicted molar refractivity (Wildman–Crippen MR) is 137 cm³/mol. The number of carboxylic acid groups (broad SMARTS) is 1. The van der Waals surface area contributed by atoms with Gasteiger partial charge in [0.25, 0.3) is 11.8 Å². The number of aliphatic imine (C=N–C) groups is 1. The van der Waals surface area contributed by atoms with Crippen LogP contribution in [0.1, 0.15) is 12.6 Å². The smallest absolute Gasteiger partial charge is 0.352 e. The molecule has 1 fully saturated rings. The number of nitrogens with two attached hydrogens (primary N) is 3. The Hall–Kier alpha value is -3.28. The van der Waals surface area contributed by atoms with Gasteiger partial charge in [-0.05, 0) is 18.6 Å². The quantitative estimate of drug-likeness (QED) is 0.117. The van der Waals surface area contributed by atoms with Crippen molar-refractivity contribution in [1.29, 1.82) is 0 Å². The van der Waals surface area contributed by atoms with Crippen LogP contribution in [0, 0.1) is 0 Å². The number of carboxylic acids is 1. The molecule has 2 amide bonds. The van der Waals surface area contributed by atoms with Crippen LogP contribution in [0.3, 0.4) is 0 Å². The molecule has 8 N–H and O–H groups in total. The fourth-order valence-electron chi connectivity index (χ4n) is 3.49. The lowest BCUT2D eigenvalue weighted by Crippen LogP contribution is -2.71. The molecular formula is C19H23N9O5S3. The van der Waals surface area contributed by atoms with Crippen LogP contribution in [0.25, 0.3) is 0 Å². The number of hydrogen-bond acceptors (Lipinski definition) is 14. The molecule has 1 aromatic heterocycles. The zero-order valence-electron chi connectivity index (χ0n) is 18.9. The van der Waals surface area contributed by atoms with Crippen LogP contribution in [0.15, 0.2) is 38.7 Å². The number of amides is 2. The number of hydrazine groups is 1. The van der Waals surface area contributed by atoms with Gasteiger partial charge in [0.15, 0.2) is 16.0 Å². The molecular weight excluding hydrogens is 530 g/mol. The summed E-state index contributed by atoms with van der Waals surface area (Å²) >= 11 is 3.70. The maximum Gasteiger partial charge on any atom is 0.352 e. The highest BCUT2D eigenvalue weighted by Crippen LogP contribution is 2.41. The molecule has 17 heteroatoms. The molecule has 1 aromatic rings. The van der Waals surface area contributed by atoms with E-state index in [2.05, 4.69) is 20.4 Å². The molecule has 2 atom stereocenters. The first-order valence-electron chi connectivity index (χ1n) is 10.5. The number of anilines is 1. The Bertz CT molecular complexity index is 1210. The molecule has 4 heterocycles. The second kappa shape index (κ2) is 10.8. The standard InChI is InChI=1S/C19H23N9O5S3/c1-2-33-26-11(9-7-35-18(21)23-9)14(29)25-12-15(30)28-13(17(31)32)8(5-34-16(12)28)6-36-19-24-10(20)3-4-27(19)22/h3,7,12,16H,2,4-6,20,22H2,1H3,(H2,21,23)(H,25,29)(H,31,32)/b26-11-/t12?,16-/m0/s1. The Morgan fingerprint density at radius 2 is 2.19 bits per heavy atom. The summed E-state index contributed by atoms with van der Waals surface area (Å²) in [6.07, 6.45) is 1.66. The van der Waals surface area contributed by atoms with E-state index in [1.165, 1.54) is 33.4 Å². The number of thiazole rings is 1. The topological polar surface area (TPSA) is 215 Å². The van der Waals surface area contributed by atoms with E-state index < -0.39 is 29.2 Å². The second-order valence-corrected chi connectivity index (χ2v) is 10.4. The first-order valence-corrected chi connectivity index (χ1v) is 13.4. The Morgan fingerprint density at radius 3 is 2.86 bits per heavy atom. The van der Waals surface area contributed by atoms with Gasteiger partial charge < -0.3 is 26.7 Å². The van der Waals surface area contributed by atoms with Crippen molar-refractivity contribution in [2.75, 3.05) is 30.4 Å². The van der Waals surface area contributed by atoms with Gasteiger partial charge in [-0.2, -0.15) is 0 Å². The van der Waals surface area contributed by atoms with Crippen molar-refractivity contribution in [3.8, 4) is 0 Å². The van der Waals surface area contributed by atoms with Crippen LogP contribution in [0.4, 0.5) is 5.13 Å². The van der Waals surface area contributed by atoms with Crippen LogP contribution in [-0.2, 0) is 19.2 Å². The molecule has 0 saturated carbocycles. The number of hydrogen-bond donors (Lipinski definition) is 5. The number of aromatic nitrogens is 1. The molecule has 0 spiro atoms. The summed E-state index contributed by atoms with van der Waals surface area (Å²) in [6.45, 7) is 2.30. The number of nitrogen functional groups attached to an aromatic ring is 1. The molecule has 0 bridgehead atoms. The summed E-state index contributed by atoms with van der Waals surface area (Å²) < 4.78 is 0. The zero-order valence-corrected chi connectivity index (χ0v) is 21.4. The van der Waals surface area contributed by atoms with E-state index in [1.54, 1.807) is 18.4 Å². The molecule has 3 aliphatic rings. The van der Waals surface area contributed by atoms with Crippen molar-refractivity contribution in [3.63, 3.8) is 0 Å². The Labute approximate surface area is 217 Å². The summed E-state index contributed by atoms with van der Waals surface area (Å²) in [5.41, 5.74) is 11.9. The SMILES string of the molecule is CCO/N=C(\C(=O)NC1C(=O)N2C(C(=O)O)=C(CSC3=NC(N)=CCN3N)CS[C@@H]12)c1csc(N)n1. The number of aliphatic carboxylic acids is 1. The van der Waals surface area contributed by atoms with Crippen LogP contribution < -0.4 is 22.6 Å². The van der Waals surface area contributed by atoms with Crippen molar-refractivity contribution < 1.29 is 24.3 Å². The average molecular weight is 554 g/mol. The van der Waals surface area contributed by atoms with Gasteiger partial charge in [0, 0.05) is 16.9 Å². The number of amidine groups is 1. The van der Waals surface area contributed by atoms with E-state index in [4.69, 9.17) is 22.1 Å². The fourth-order valence-corrected chi connectivity index (χ4v) is 6.47. The Kier molecular flexibility index (Phi) is 7.72. The number of β-lactam (4-membered cyclic amide) rings is 1. The number of carbonyl (C=O) groups excluding carboxylic acids is 2. The lowest BCUT2D eigenvalue weighted by atomic mass is 10.0. The van der Waals surface area contributed by atoms with Gasteiger partial charge in [0.2, 0.25) is 0 Å². The number of thioether (sulfide) groups is 2. The zero-order chi connectivity index (χ0) is 26.0. The van der Waals surface area contributed by atoms with Gasteiger partial charge in [-0.3, -0.25) is 19.5 Å². The van der Waals surface area contributed by atoms with E-state index in [1.807, 2.05) is 0 Å². The predicted octanol–water partition coefficient (Wildman–Crippen LogP) is -0.717. The molecule has 4 rings (SSSR count). The van der Waals surface area contributed by atoms with Gasteiger partial charge in [0.1, 0.15) is 35.2 Å². The van der Waals surface area contributed by atoms with Crippen LogP contribution in [0.2, 0.25) is 0 Å². The first-order chi connectivity index (χ1) is 17.2. The van der Waals surface area contributed by atoms with Crippen LogP contribution >= 0.6 is 34.9 Å². The van der Waals surface area contributed by atoms with Gasteiger partial charge in [-0.1, -0.05) is 16.9 Å². The average Bonchev–Trinajstić information content (AvgIpc) is 3.28. The molecule has 3 aliphatic heterocycles. The van der Waals surface area contributed by atoms with Crippen molar-refractivity contribution in [2.45, 2.75) is 18.3 Å². The Balaban J connectivity index is 1.48. The highest BCUT2D eigenvalue weighted by molar-refractivity contribution is 8.14. The largest absolute Gasteiger partial charge is 0.477 e. The van der Waals surface area contributed by atoms with Crippen LogP contribution in [0.5, 0.6) is 0 Å². The number of rotatable bonds is 8. The van der Waals surface area contributed by atoms with Gasteiger partial charge in [-0.25, -0.2) is 20.6 Å². The number of fused-ring (bicyclic) bond motifs is 1. The maximum absolute atomic E-state index is 13.0. The number of nitrogens with one attached hydrogen (secondary N) is 1. The lowest BCUT2D eigenvalue weighted by molar-refractivity contribution is -0.150. The third-order valence-corrected chi connectivity index (χ3v) is 8.23. The summed E-state index contributed by atoms with van der Waals surface area (Å²) in [6, 6.07) is -0.943. The van der Waals surface area contributed by atoms with E-state index in [9.17, 15) is 19.5 Å². The van der Waals surface area contributed by atoms with Crippen LogP contribution in [-0.4, -0.2) is 84.7 Å². The molecule has 192 valence electrons. The normalized spacial score (nSPS) is 21.9. The lowest BCUT2D eigenvalue weighted by Gasteiger charge is -2.49. The molecule has 14 nitrogen and oxygen atoms in total.